The Labute approximate surface area is 138 Å². The Bertz CT molecular complexity index is 755. The lowest BCUT2D eigenvalue weighted by Crippen LogP contribution is -2.11. The lowest BCUT2D eigenvalue weighted by atomic mass is 9.81. The highest BCUT2D eigenvalue weighted by molar-refractivity contribution is 5.56. The van der Waals surface area contributed by atoms with Crippen molar-refractivity contribution in [2.75, 3.05) is 0 Å². The van der Waals surface area contributed by atoms with Crippen molar-refractivity contribution < 1.29 is 4.74 Å². The molecule has 0 amide bonds. The first-order valence-electron chi connectivity index (χ1n) is 8.46. The number of hydrogen-bond donors (Lipinski definition) is 0. The molecule has 1 heterocycles. The van der Waals surface area contributed by atoms with Gasteiger partial charge in [0.05, 0.1) is 12.0 Å². The van der Waals surface area contributed by atoms with Crippen LogP contribution in [0.1, 0.15) is 67.7 Å². The quantitative estimate of drug-likeness (QED) is 0.600. The Morgan fingerprint density at radius 3 is 2.61 bits per heavy atom. The molecule has 1 aliphatic heterocycles. The van der Waals surface area contributed by atoms with Crippen LogP contribution in [0.25, 0.3) is 0 Å². The van der Waals surface area contributed by atoms with Crippen molar-refractivity contribution in [2.45, 2.75) is 51.9 Å². The van der Waals surface area contributed by atoms with Crippen molar-refractivity contribution in [1.29, 1.82) is 5.26 Å². The van der Waals surface area contributed by atoms with Gasteiger partial charge in [0, 0.05) is 12.0 Å². The molecule has 0 aromatic heterocycles. The highest BCUT2D eigenvalue weighted by atomic mass is 16.5. The minimum atomic E-state index is -0.0279. The van der Waals surface area contributed by atoms with Crippen molar-refractivity contribution in [2.24, 2.45) is 0 Å². The van der Waals surface area contributed by atoms with Gasteiger partial charge in [0.15, 0.2) is 0 Å². The van der Waals surface area contributed by atoms with Crippen molar-refractivity contribution in [3.05, 3.63) is 58.7 Å². The van der Waals surface area contributed by atoms with Gasteiger partial charge in [0.25, 0.3) is 0 Å². The van der Waals surface area contributed by atoms with Crippen LogP contribution >= 0.6 is 0 Å². The summed E-state index contributed by atoms with van der Waals surface area (Å²) in [6.45, 7) is 6.55. The number of nitriles is 1. The molecule has 2 heteroatoms. The molecule has 1 aliphatic rings. The van der Waals surface area contributed by atoms with Gasteiger partial charge in [-0.25, -0.2) is 0 Å². The second-order valence-electron chi connectivity index (χ2n) is 6.56. The van der Waals surface area contributed by atoms with Crippen molar-refractivity contribution >= 4 is 0 Å². The predicted molar refractivity (Wildman–Crippen MR) is 93.1 cm³/mol. The summed E-state index contributed by atoms with van der Waals surface area (Å²) in [5.74, 6) is 2.25. The molecule has 0 bridgehead atoms. The molecule has 0 spiro atoms. The summed E-state index contributed by atoms with van der Waals surface area (Å²) in [5.41, 5.74) is 4.97. The van der Waals surface area contributed by atoms with Gasteiger partial charge < -0.3 is 4.74 Å². The van der Waals surface area contributed by atoms with E-state index in [0.29, 0.717) is 5.92 Å². The van der Waals surface area contributed by atoms with Crippen LogP contribution < -0.4 is 4.74 Å². The number of rotatable bonds is 4. The molecular formula is C21H23NO. The fourth-order valence-electron chi connectivity index (χ4n) is 3.56. The molecule has 0 radical (unpaired) electrons. The molecule has 2 aromatic rings. The van der Waals surface area contributed by atoms with E-state index in [1.165, 1.54) is 22.3 Å². The molecule has 2 nitrogen and oxygen atoms in total. The number of benzene rings is 2. The average Bonchev–Trinajstić information content (AvgIpc) is 2.56. The van der Waals surface area contributed by atoms with Crippen LogP contribution in [-0.2, 0) is 6.42 Å². The van der Waals surface area contributed by atoms with E-state index in [9.17, 15) is 5.26 Å². The lowest BCUT2D eigenvalue weighted by molar-refractivity contribution is 0.457. The third-order valence-corrected chi connectivity index (χ3v) is 4.59. The zero-order valence-corrected chi connectivity index (χ0v) is 14.1. The number of para-hydroxylation sites is 1. The van der Waals surface area contributed by atoms with E-state index < -0.39 is 0 Å². The Kier molecular flexibility index (Phi) is 4.39. The number of fused-ring (bicyclic) bond motifs is 2. The summed E-state index contributed by atoms with van der Waals surface area (Å²) < 4.78 is 6.11. The van der Waals surface area contributed by atoms with Gasteiger partial charge in [-0.1, -0.05) is 51.5 Å². The minimum Gasteiger partial charge on any atom is -0.457 e. The standard InChI is InChI=1S/C21H23NO/c1-4-7-16(13-22)17-10-11-20-18(21(17)14(2)3)12-15-8-5-6-9-19(15)23-20/h5-6,8-11,14,16H,4,7,12H2,1-3H3. The number of nitrogens with zero attached hydrogens (tertiary/aromatic N) is 1. The zero-order chi connectivity index (χ0) is 16.4. The first kappa shape index (κ1) is 15.6. The van der Waals surface area contributed by atoms with Gasteiger partial charge >= 0.3 is 0 Å². The maximum Gasteiger partial charge on any atom is 0.131 e. The topological polar surface area (TPSA) is 33.0 Å². The highest BCUT2D eigenvalue weighted by Gasteiger charge is 2.25. The minimum absolute atomic E-state index is 0.0279. The van der Waals surface area contributed by atoms with E-state index in [0.717, 1.165) is 30.8 Å². The first-order chi connectivity index (χ1) is 11.2. The SMILES string of the molecule is CCCC(C#N)c1ccc2c(c1C(C)C)Cc1ccccc1O2. The number of ether oxygens (including phenoxy) is 1. The van der Waals surface area contributed by atoms with E-state index in [1.54, 1.807) is 0 Å². The maximum absolute atomic E-state index is 9.60. The van der Waals surface area contributed by atoms with Gasteiger partial charge in [0.2, 0.25) is 0 Å². The van der Waals surface area contributed by atoms with Crippen LogP contribution in [0.5, 0.6) is 11.5 Å². The van der Waals surface area contributed by atoms with Gasteiger partial charge in [-0.3, -0.25) is 0 Å². The summed E-state index contributed by atoms with van der Waals surface area (Å²) in [6, 6.07) is 14.9. The highest BCUT2D eigenvalue weighted by Crippen LogP contribution is 2.43. The first-order valence-corrected chi connectivity index (χ1v) is 8.46. The van der Waals surface area contributed by atoms with Crippen molar-refractivity contribution in [1.82, 2.24) is 0 Å². The summed E-state index contributed by atoms with van der Waals surface area (Å²) in [6.07, 6.45) is 2.82. The summed E-state index contributed by atoms with van der Waals surface area (Å²) >= 11 is 0. The van der Waals surface area contributed by atoms with E-state index in [2.05, 4.69) is 45.0 Å². The predicted octanol–water partition coefficient (Wildman–Crippen LogP) is 5.91. The molecule has 2 aromatic carbocycles. The smallest absolute Gasteiger partial charge is 0.131 e. The molecule has 1 atom stereocenters. The fraction of sp³-hybridized carbons (Fsp3) is 0.381. The second kappa shape index (κ2) is 6.46. The molecular weight excluding hydrogens is 282 g/mol. The lowest BCUT2D eigenvalue weighted by Gasteiger charge is -2.27. The summed E-state index contributed by atoms with van der Waals surface area (Å²) in [4.78, 5) is 0. The van der Waals surface area contributed by atoms with Gasteiger partial charge in [-0.2, -0.15) is 5.26 Å². The normalized spacial score (nSPS) is 13.7. The van der Waals surface area contributed by atoms with Crippen LogP contribution in [-0.4, -0.2) is 0 Å². The Hall–Kier alpha value is -2.27. The molecule has 0 aliphatic carbocycles. The Morgan fingerprint density at radius 1 is 1.13 bits per heavy atom. The Balaban J connectivity index is 2.12. The van der Waals surface area contributed by atoms with E-state index >= 15 is 0 Å². The molecule has 0 saturated heterocycles. The molecule has 3 rings (SSSR count). The molecule has 118 valence electrons. The Morgan fingerprint density at radius 2 is 1.91 bits per heavy atom. The van der Waals surface area contributed by atoms with E-state index in [-0.39, 0.29) is 5.92 Å². The molecule has 0 fully saturated rings. The van der Waals surface area contributed by atoms with Crippen LogP contribution in [0.3, 0.4) is 0 Å². The van der Waals surface area contributed by atoms with Crippen molar-refractivity contribution in [3.63, 3.8) is 0 Å². The molecule has 1 unspecified atom stereocenters. The van der Waals surface area contributed by atoms with Gasteiger partial charge in [-0.15, -0.1) is 0 Å². The van der Waals surface area contributed by atoms with Crippen molar-refractivity contribution in [3.8, 4) is 17.6 Å². The largest absolute Gasteiger partial charge is 0.457 e. The second-order valence-corrected chi connectivity index (χ2v) is 6.56. The number of hydrogen-bond acceptors (Lipinski definition) is 2. The van der Waals surface area contributed by atoms with E-state index in [4.69, 9.17) is 4.74 Å². The van der Waals surface area contributed by atoms with Crippen LogP contribution in [0, 0.1) is 11.3 Å². The molecule has 23 heavy (non-hydrogen) atoms. The summed E-state index contributed by atoms with van der Waals surface area (Å²) in [7, 11) is 0. The summed E-state index contributed by atoms with van der Waals surface area (Å²) in [5, 5.41) is 9.60. The van der Waals surface area contributed by atoms with E-state index in [1.807, 2.05) is 18.2 Å². The fourth-order valence-corrected chi connectivity index (χ4v) is 3.56. The van der Waals surface area contributed by atoms with Crippen LogP contribution in [0.4, 0.5) is 0 Å². The molecule has 0 saturated carbocycles. The van der Waals surface area contributed by atoms with Gasteiger partial charge in [0.1, 0.15) is 11.5 Å². The van der Waals surface area contributed by atoms with Gasteiger partial charge in [-0.05, 0) is 41.2 Å². The third-order valence-electron chi connectivity index (χ3n) is 4.59. The monoisotopic (exact) mass is 305 g/mol. The average molecular weight is 305 g/mol. The molecule has 0 N–H and O–H groups in total. The third kappa shape index (κ3) is 2.84. The zero-order valence-electron chi connectivity index (χ0n) is 14.1. The maximum atomic E-state index is 9.60. The van der Waals surface area contributed by atoms with Crippen LogP contribution in [0.2, 0.25) is 0 Å². The van der Waals surface area contributed by atoms with Crippen LogP contribution in [0.15, 0.2) is 36.4 Å².